The number of aldehydes is 1. The minimum Gasteiger partial charge on any atom is -0.321 e. The van der Waals surface area contributed by atoms with Crippen molar-refractivity contribution in [1.82, 2.24) is 10.9 Å². The van der Waals surface area contributed by atoms with Gasteiger partial charge in [-0.2, -0.15) is 13.2 Å². The maximum absolute atomic E-state index is 14.0. The number of hydrazine groups is 1. The summed E-state index contributed by atoms with van der Waals surface area (Å²) in [5.41, 5.74) is 3.59. The van der Waals surface area contributed by atoms with E-state index in [1.165, 1.54) is 37.6 Å². The summed E-state index contributed by atoms with van der Waals surface area (Å²) in [5, 5.41) is 0. The fourth-order valence-corrected chi connectivity index (χ4v) is 3.03. The lowest BCUT2D eigenvalue weighted by Gasteiger charge is -2.23. The molecule has 1 atom stereocenters. The first-order valence-corrected chi connectivity index (χ1v) is 10.3. The summed E-state index contributed by atoms with van der Waals surface area (Å²) in [6.45, 7) is 2.82. The third-order valence-electron chi connectivity index (χ3n) is 3.85. The van der Waals surface area contributed by atoms with Crippen molar-refractivity contribution in [2.45, 2.75) is 19.1 Å². The maximum atomic E-state index is 14.0. The molecule has 0 bridgehead atoms. The zero-order valence-corrected chi connectivity index (χ0v) is 17.9. The van der Waals surface area contributed by atoms with Gasteiger partial charge < -0.3 is 5.43 Å². The van der Waals surface area contributed by atoms with Crippen LogP contribution in [0, 0.1) is 5.82 Å². The van der Waals surface area contributed by atoms with Gasteiger partial charge in [0.15, 0.2) is 0 Å². The van der Waals surface area contributed by atoms with Gasteiger partial charge in [0.25, 0.3) is 6.43 Å². The molecule has 0 amide bonds. The number of allylic oxidation sites excluding steroid dienone is 1. The summed E-state index contributed by atoms with van der Waals surface area (Å²) >= 11 is 0. The van der Waals surface area contributed by atoms with E-state index in [9.17, 15) is 35.3 Å². The van der Waals surface area contributed by atoms with Crippen molar-refractivity contribution in [2.75, 3.05) is 17.6 Å². The molecule has 0 heterocycles. The topological polar surface area (TPSA) is 61.4 Å². The Morgan fingerprint density at radius 3 is 2.31 bits per heavy atom. The second-order valence-corrected chi connectivity index (χ2v) is 7.47. The number of hydrogen-bond donors (Lipinski definition) is 2. The fraction of sp³-hybridized carbons (Fsp3) is 0.250. The highest BCUT2D eigenvalue weighted by atomic mass is 32.2. The molecule has 2 rings (SSSR count). The van der Waals surface area contributed by atoms with Crippen LogP contribution >= 0.6 is 0 Å². The summed E-state index contributed by atoms with van der Waals surface area (Å²) in [6, 6.07) is 8.07. The summed E-state index contributed by atoms with van der Waals surface area (Å²) in [5.74, 6) is -0.693. The molecule has 1 unspecified atom stereocenters. The van der Waals surface area contributed by atoms with E-state index in [4.69, 9.17) is 0 Å². The molecule has 32 heavy (non-hydrogen) atoms. The van der Waals surface area contributed by atoms with Gasteiger partial charge in [0.05, 0.1) is 23.5 Å². The smallest absolute Gasteiger partial charge is 0.321 e. The number of anilines is 1. The monoisotopic (exact) mass is 481 g/mol. The van der Waals surface area contributed by atoms with Crippen LogP contribution in [0.25, 0.3) is 0 Å². The van der Waals surface area contributed by atoms with E-state index in [1.807, 2.05) is 0 Å². The highest BCUT2D eigenvalue weighted by Gasteiger charge is 2.31. The number of rotatable bonds is 8. The van der Waals surface area contributed by atoms with Crippen molar-refractivity contribution in [3.05, 3.63) is 77.2 Å². The Morgan fingerprint density at radius 1 is 1.22 bits per heavy atom. The highest BCUT2D eigenvalue weighted by Crippen LogP contribution is 2.32. The first-order valence-electron chi connectivity index (χ1n) is 8.82. The predicted octanol–water partition coefficient (Wildman–Crippen LogP) is 4.45. The van der Waals surface area contributed by atoms with Crippen LogP contribution in [-0.4, -0.2) is 30.2 Å². The van der Waals surface area contributed by atoms with Crippen LogP contribution in [0.15, 0.2) is 54.7 Å². The number of halogens is 6. The zero-order chi connectivity index (χ0) is 24.5. The van der Waals surface area contributed by atoms with Crippen molar-refractivity contribution in [3.63, 3.8) is 0 Å². The summed E-state index contributed by atoms with van der Waals surface area (Å²) < 4.78 is 88.3. The molecule has 12 heteroatoms. The van der Waals surface area contributed by atoms with Gasteiger partial charge in [0.1, 0.15) is 23.1 Å². The normalized spacial score (nSPS) is 11.9. The summed E-state index contributed by atoms with van der Waals surface area (Å²) in [7, 11) is -0.182. The van der Waals surface area contributed by atoms with Crippen LogP contribution in [0.1, 0.15) is 21.5 Å². The van der Waals surface area contributed by atoms with E-state index < -0.39 is 35.0 Å². The van der Waals surface area contributed by atoms with Crippen LogP contribution in [0.4, 0.5) is 32.0 Å². The average Bonchev–Trinajstić information content (AvgIpc) is 2.72. The van der Waals surface area contributed by atoms with Crippen LogP contribution in [0.2, 0.25) is 0 Å². The van der Waals surface area contributed by atoms with Crippen molar-refractivity contribution in [2.24, 2.45) is 0 Å². The van der Waals surface area contributed by atoms with Crippen LogP contribution in [0.3, 0.4) is 0 Å². The van der Waals surface area contributed by atoms with E-state index in [1.54, 1.807) is 0 Å². The Bertz CT molecular complexity index is 953. The van der Waals surface area contributed by atoms with Gasteiger partial charge in [0.2, 0.25) is 0 Å². The van der Waals surface area contributed by atoms with Crippen LogP contribution in [0.5, 0.6) is 0 Å². The van der Waals surface area contributed by atoms with Gasteiger partial charge in [-0.05, 0) is 24.3 Å². The summed E-state index contributed by atoms with van der Waals surface area (Å²) in [4.78, 5) is 10.6. The molecule has 0 fully saturated rings. The predicted molar refractivity (Wildman–Crippen MR) is 111 cm³/mol. The minimum absolute atomic E-state index is 0.0597. The van der Waals surface area contributed by atoms with Gasteiger partial charge in [-0.3, -0.25) is 9.10 Å². The van der Waals surface area contributed by atoms with Gasteiger partial charge in [-0.25, -0.2) is 22.8 Å². The molecule has 0 spiro atoms. The molecule has 0 radical (unpaired) electrons. The van der Waals surface area contributed by atoms with E-state index in [-0.39, 0.29) is 29.1 Å². The van der Waals surface area contributed by atoms with Crippen molar-refractivity contribution in [1.29, 1.82) is 0 Å². The zero-order valence-electron chi connectivity index (χ0n) is 17.1. The van der Waals surface area contributed by atoms with Crippen LogP contribution < -0.4 is 15.2 Å². The third-order valence-corrected chi connectivity index (χ3v) is 4.81. The van der Waals surface area contributed by atoms with Crippen molar-refractivity contribution >= 4 is 23.0 Å². The number of carbonyl (C=O) groups is 1. The molecule has 0 aliphatic rings. The molecule has 0 saturated heterocycles. The van der Waals surface area contributed by atoms with E-state index in [2.05, 4.69) is 17.4 Å². The Labute approximate surface area is 183 Å². The molecule has 0 saturated carbocycles. The second-order valence-electron chi connectivity index (χ2n) is 6.18. The molecule has 0 aromatic heterocycles. The van der Waals surface area contributed by atoms with E-state index in [0.29, 0.717) is 6.29 Å². The molecule has 176 valence electrons. The lowest BCUT2D eigenvalue weighted by molar-refractivity contribution is -0.137. The van der Waals surface area contributed by atoms with Gasteiger partial charge in [0, 0.05) is 24.4 Å². The maximum Gasteiger partial charge on any atom is 0.416 e. The number of nitrogens with zero attached hydrogens (tertiary/aromatic N) is 1. The molecule has 2 aromatic carbocycles. The average molecular weight is 481 g/mol. The summed E-state index contributed by atoms with van der Waals surface area (Å²) in [6.07, 6.45) is -5.26. The largest absolute Gasteiger partial charge is 0.416 e. The first-order chi connectivity index (χ1) is 14.9. The molecule has 0 aliphatic carbocycles. The lowest BCUT2D eigenvalue weighted by Crippen LogP contribution is -2.29. The van der Waals surface area contributed by atoms with E-state index >= 15 is 0 Å². The number of benzene rings is 2. The Balaban J connectivity index is 0.000000547. The van der Waals surface area contributed by atoms with Crippen molar-refractivity contribution in [3.8, 4) is 0 Å². The van der Waals surface area contributed by atoms with Gasteiger partial charge in [-0.1, -0.05) is 24.8 Å². The Morgan fingerprint density at radius 2 is 1.88 bits per heavy atom. The quantitative estimate of drug-likeness (QED) is 0.332. The van der Waals surface area contributed by atoms with Gasteiger partial charge >= 0.3 is 6.18 Å². The first kappa shape index (κ1) is 27.2. The number of nitrogens with one attached hydrogen (secondary N) is 2. The molecule has 2 N–H and O–H groups in total. The number of hydrogen-bond acceptors (Lipinski definition) is 4. The van der Waals surface area contributed by atoms with Crippen LogP contribution in [-0.2, 0) is 23.7 Å². The highest BCUT2D eigenvalue weighted by molar-refractivity contribution is 7.85. The van der Waals surface area contributed by atoms with Gasteiger partial charge in [-0.15, -0.1) is 0 Å². The number of carbonyl (C=O) groups excluding carboxylic acids is 1. The molecular formula is C20H21F6N3O2S. The molecule has 2 aromatic rings. The van der Waals surface area contributed by atoms with Crippen molar-refractivity contribution < 1.29 is 35.3 Å². The molecule has 5 nitrogen and oxygen atoms in total. The lowest BCUT2D eigenvalue weighted by atomic mass is 10.1. The fourth-order valence-electron chi connectivity index (χ4n) is 2.30. The number of alkyl halides is 5. The van der Waals surface area contributed by atoms with E-state index in [0.717, 1.165) is 22.5 Å². The minimum atomic E-state index is -4.53. The third kappa shape index (κ3) is 8.35. The Kier molecular flexibility index (Phi) is 10.4. The Hall–Kier alpha value is -2.86. The second kappa shape index (κ2) is 12.2. The SMILES string of the molecule is C=C(NNC)C(F)F.CS(=O)N(Cc1ccc(C=O)cc1F)c1cccc(C(F)(F)F)c1. The molecule has 0 aliphatic heterocycles. The standard InChI is InChI=1S/C16H13F4NO2S.C4H8F2N2/c1-24(23)21(9-12-6-5-11(10-22)7-15(12)17)14-4-2-3-13(8-14)16(18,19)20;1-3(4(5)6)8-7-2/h2-8,10H,9H2,1H3;4,7-8H,1H2,2H3. The molecular weight excluding hydrogens is 460 g/mol.